The topological polar surface area (TPSA) is 38.0 Å². The molecule has 0 spiro atoms. The number of hydrogen-bond acceptors (Lipinski definition) is 2. The SMILES string of the molecule is CNC(c1cc(C)ccc1C)C(C)(C)CCN. The molecule has 0 bridgehead atoms. The first-order chi connectivity index (χ1) is 7.92. The number of hydrogen-bond donors (Lipinski definition) is 2. The highest BCUT2D eigenvalue weighted by molar-refractivity contribution is 5.34. The minimum atomic E-state index is 0.169. The summed E-state index contributed by atoms with van der Waals surface area (Å²) in [5.74, 6) is 0. The van der Waals surface area contributed by atoms with Gasteiger partial charge in [-0.05, 0) is 50.4 Å². The molecule has 3 N–H and O–H groups in total. The van der Waals surface area contributed by atoms with E-state index in [0.717, 1.165) is 13.0 Å². The Bertz CT molecular complexity index is 369. The van der Waals surface area contributed by atoms with E-state index in [2.05, 4.69) is 51.2 Å². The van der Waals surface area contributed by atoms with Crippen molar-refractivity contribution in [1.29, 1.82) is 0 Å². The van der Waals surface area contributed by atoms with E-state index in [1.165, 1.54) is 16.7 Å². The number of rotatable bonds is 5. The second kappa shape index (κ2) is 5.65. The van der Waals surface area contributed by atoms with E-state index in [9.17, 15) is 0 Å². The summed E-state index contributed by atoms with van der Waals surface area (Å²) in [6.07, 6.45) is 1.02. The van der Waals surface area contributed by atoms with E-state index in [4.69, 9.17) is 5.73 Å². The smallest absolute Gasteiger partial charge is 0.0372 e. The van der Waals surface area contributed by atoms with Crippen molar-refractivity contribution >= 4 is 0 Å². The zero-order valence-electron chi connectivity index (χ0n) is 11.8. The molecule has 1 rings (SSSR count). The van der Waals surface area contributed by atoms with Gasteiger partial charge < -0.3 is 11.1 Å². The van der Waals surface area contributed by atoms with Crippen molar-refractivity contribution in [3.05, 3.63) is 34.9 Å². The third kappa shape index (κ3) is 3.30. The van der Waals surface area contributed by atoms with Crippen molar-refractivity contribution in [3.8, 4) is 0 Å². The fourth-order valence-electron chi connectivity index (χ4n) is 2.55. The molecule has 0 radical (unpaired) electrons. The Balaban J connectivity index is 3.13. The van der Waals surface area contributed by atoms with Gasteiger partial charge in [0.2, 0.25) is 0 Å². The molecular weight excluding hydrogens is 208 g/mol. The van der Waals surface area contributed by atoms with Crippen molar-refractivity contribution in [2.45, 2.75) is 40.2 Å². The van der Waals surface area contributed by atoms with Crippen LogP contribution in [0.5, 0.6) is 0 Å². The van der Waals surface area contributed by atoms with E-state index in [-0.39, 0.29) is 5.41 Å². The average Bonchev–Trinajstić information content (AvgIpc) is 2.23. The van der Waals surface area contributed by atoms with Crippen LogP contribution in [0, 0.1) is 19.3 Å². The molecule has 0 aliphatic rings. The van der Waals surface area contributed by atoms with E-state index < -0.39 is 0 Å². The summed E-state index contributed by atoms with van der Waals surface area (Å²) >= 11 is 0. The molecule has 1 atom stereocenters. The van der Waals surface area contributed by atoms with Gasteiger partial charge in [0.1, 0.15) is 0 Å². The Kier molecular flexibility index (Phi) is 4.72. The first-order valence-electron chi connectivity index (χ1n) is 6.37. The predicted molar refractivity (Wildman–Crippen MR) is 75.2 cm³/mol. The number of benzene rings is 1. The van der Waals surface area contributed by atoms with Gasteiger partial charge in [-0.3, -0.25) is 0 Å². The predicted octanol–water partition coefficient (Wildman–Crippen LogP) is 2.94. The van der Waals surface area contributed by atoms with Crippen LogP contribution in [0.4, 0.5) is 0 Å². The van der Waals surface area contributed by atoms with Crippen LogP contribution in [0.25, 0.3) is 0 Å². The Morgan fingerprint density at radius 3 is 2.47 bits per heavy atom. The number of aryl methyl sites for hydroxylation is 2. The zero-order chi connectivity index (χ0) is 13.1. The van der Waals surface area contributed by atoms with Crippen LogP contribution < -0.4 is 11.1 Å². The highest BCUT2D eigenvalue weighted by atomic mass is 14.9. The molecule has 0 aliphatic carbocycles. The lowest BCUT2D eigenvalue weighted by Crippen LogP contribution is -2.34. The fourth-order valence-corrected chi connectivity index (χ4v) is 2.55. The maximum atomic E-state index is 5.73. The van der Waals surface area contributed by atoms with Crippen LogP contribution in [0.1, 0.15) is 43.0 Å². The van der Waals surface area contributed by atoms with Crippen LogP contribution in [0.15, 0.2) is 18.2 Å². The van der Waals surface area contributed by atoms with E-state index in [1.807, 2.05) is 7.05 Å². The summed E-state index contributed by atoms with van der Waals surface area (Å²) in [6, 6.07) is 7.01. The fraction of sp³-hybridized carbons (Fsp3) is 0.600. The van der Waals surface area contributed by atoms with Crippen molar-refractivity contribution < 1.29 is 0 Å². The van der Waals surface area contributed by atoms with Crippen LogP contribution >= 0.6 is 0 Å². The Labute approximate surface area is 106 Å². The molecule has 0 aromatic heterocycles. The van der Waals surface area contributed by atoms with Gasteiger partial charge in [-0.2, -0.15) is 0 Å². The zero-order valence-corrected chi connectivity index (χ0v) is 11.8. The molecule has 1 aromatic rings. The quantitative estimate of drug-likeness (QED) is 0.822. The van der Waals surface area contributed by atoms with E-state index in [0.29, 0.717) is 6.04 Å². The van der Waals surface area contributed by atoms with Gasteiger partial charge >= 0.3 is 0 Å². The lowest BCUT2D eigenvalue weighted by Gasteiger charge is -2.35. The minimum Gasteiger partial charge on any atom is -0.330 e. The van der Waals surface area contributed by atoms with E-state index >= 15 is 0 Å². The van der Waals surface area contributed by atoms with Crippen molar-refractivity contribution in [2.75, 3.05) is 13.6 Å². The molecule has 0 saturated heterocycles. The Morgan fingerprint density at radius 2 is 1.94 bits per heavy atom. The molecule has 0 saturated carbocycles. The maximum Gasteiger partial charge on any atom is 0.0372 e. The molecule has 2 heteroatoms. The first kappa shape index (κ1) is 14.2. The van der Waals surface area contributed by atoms with Gasteiger partial charge in [-0.15, -0.1) is 0 Å². The standard InChI is InChI=1S/C15H26N2/c1-11-6-7-12(2)13(10-11)14(17-5)15(3,4)8-9-16/h6-7,10,14,17H,8-9,16H2,1-5H3. The molecule has 0 fully saturated rings. The van der Waals surface area contributed by atoms with Crippen molar-refractivity contribution in [1.82, 2.24) is 5.32 Å². The van der Waals surface area contributed by atoms with Crippen molar-refractivity contribution in [2.24, 2.45) is 11.1 Å². The van der Waals surface area contributed by atoms with Crippen LogP contribution in [0.2, 0.25) is 0 Å². The van der Waals surface area contributed by atoms with Crippen LogP contribution in [-0.2, 0) is 0 Å². The summed E-state index contributed by atoms with van der Waals surface area (Å²) in [7, 11) is 2.03. The van der Waals surface area contributed by atoms with Crippen molar-refractivity contribution in [3.63, 3.8) is 0 Å². The minimum absolute atomic E-state index is 0.169. The molecule has 96 valence electrons. The monoisotopic (exact) mass is 234 g/mol. The number of nitrogens with two attached hydrogens (primary N) is 1. The number of nitrogens with one attached hydrogen (secondary N) is 1. The highest BCUT2D eigenvalue weighted by Gasteiger charge is 2.29. The molecule has 0 aliphatic heterocycles. The molecule has 2 nitrogen and oxygen atoms in total. The highest BCUT2D eigenvalue weighted by Crippen LogP contribution is 2.37. The molecule has 17 heavy (non-hydrogen) atoms. The van der Waals surface area contributed by atoms with Gasteiger partial charge in [-0.25, -0.2) is 0 Å². The van der Waals surface area contributed by atoms with Gasteiger partial charge in [-0.1, -0.05) is 37.6 Å². The summed E-state index contributed by atoms with van der Waals surface area (Å²) in [6.45, 7) is 9.62. The summed E-state index contributed by atoms with van der Waals surface area (Å²) in [5, 5.41) is 3.46. The second-order valence-electron chi connectivity index (χ2n) is 5.61. The van der Waals surface area contributed by atoms with Gasteiger partial charge in [0.05, 0.1) is 0 Å². The normalized spacial score (nSPS) is 13.8. The van der Waals surface area contributed by atoms with Gasteiger partial charge in [0.15, 0.2) is 0 Å². The third-order valence-corrected chi connectivity index (χ3v) is 3.60. The molecule has 0 heterocycles. The van der Waals surface area contributed by atoms with E-state index in [1.54, 1.807) is 0 Å². The van der Waals surface area contributed by atoms with Crippen LogP contribution in [-0.4, -0.2) is 13.6 Å². The second-order valence-corrected chi connectivity index (χ2v) is 5.61. The molecular formula is C15H26N2. The Morgan fingerprint density at radius 1 is 1.29 bits per heavy atom. The largest absolute Gasteiger partial charge is 0.330 e. The summed E-state index contributed by atoms with van der Waals surface area (Å²) in [5.41, 5.74) is 9.95. The molecule has 1 unspecified atom stereocenters. The maximum absolute atomic E-state index is 5.73. The summed E-state index contributed by atoms with van der Waals surface area (Å²) < 4.78 is 0. The Hall–Kier alpha value is -0.860. The first-order valence-corrected chi connectivity index (χ1v) is 6.37. The average molecular weight is 234 g/mol. The molecule has 1 aromatic carbocycles. The van der Waals surface area contributed by atoms with Gasteiger partial charge in [0, 0.05) is 6.04 Å². The lowest BCUT2D eigenvalue weighted by molar-refractivity contribution is 0.238. The summed E-state index contributed by atoms with van der Waals surface area (Å²) in [4.78, 5) is 0. The third-order valence-electron chi connectivity index (χ3n) is 3.60. The van der Waals surface area contributed by atoms with Crippen LogP contribution in [0.3, 0.4) is 0 Å². The molecule has 0 amide bonds. The van der Waals surface area contributed by atoms with Gasteiger partial charge in [0.25, 0.3) is 0 Å². The lowest BCUT2D eigenvalue weighted by atomic mass is 9.76.